The third-order valence-electron chi connectivity index (χ3n) is 4.27. The maximum Gasteiger partial charge on any atom is 0.326 e. The van der Waals surface area contributed by atoms with Gasteiger partial charge in [0.25, 0.3) is 0 Å². The maximum atomic E-state index is 11.9. The molecule has 4 atom stereocenters. The highest BCUT2D eigenvalue weighted by Gasteiger charge is 2.40. The number of aliphatic carboxylic acids is 1. The lowest BCUT2D eigenvalue weighted by Crippen LogP contribution is -2.50. The maximum absolute atomic E-state index is 11.9. The standard InChI is InChI=1S/C13H22N2O3S/c1-19-5-4-10(12(16)17)14-13(18)15-11-7-8-2-3-9(11)6-8/h8-11H,2-7H2,1H3,(H,16,17)(H2,14,15,18)/t8?,9?,10-,11?/m1/s1. The van der Waals surface area contributed by atoms with Crippen molar-refractivity contribution in [2.24, 2.45) is 11.8 Å². The molecule has 6 heteroatoms. The van der Waals surface area contributed by atoms with Crippen LogP contribution in [0, 0.1) is 11.8 Å². The van der Waals surface area contributed by atoms with E-state index in [1.54, 1.807) is 11.8 Å². The van der Waals surface area contributed by atoms with E-state index < -0.39 is 12.0 Å². The molecule has 5 nitrogen and oxygen atoms in total. The smallest absolute Gasteiger partial charge is 0.326 e. The Bertz CT molecular complexity index is 351. The SMILES string of the molecule is CSCC[C@@H](NC(=O)NC1CC2CCC1C2)C(=O)O. The van der Waals surface area contributed by atoms with E-state index >= 15 is 0 Å². The molecular weight excluding hydrogens is 264 g/mol. The molecule has 2 bridgehead atoms. The van der Waals surface area contributed by atoms with Crippen LogP contribution in [0.25, 0.3) is 0 Å². The molecule has 3 unspecified atom stereocenters. The second kappa shape index (κ2) is 6.50. The normalized spacial score (nSPS) is 30.1. The van der Waals surface area contributed by atoms with Gasteiger partial charge in [-0.3, -0.25) is 0 Å². The van der Waals surface area contributed by atoms with Crippen molar-refractivity contribution in [2.75, 3.05) is 12.0 Å². The van der Waals surface area contributed by atoms with Gasteiger partial charge in [-0.2, -0.15) is 11.8 Å². The van der Waals surface area contributed by atoms with Crippen LogP contribution in [0.5, 0.6) is 0 Å². The molecule has 0 heterocycles. The predicted molar refractivity (Wildman–Crippen MR) is 75.3 cm³/mol. The van der Waals surface area contributed by atoms with Crippen LogP contribution in [-0.2, 0) is 4.79 Å². The van der Waals surface area contributed by atoms with Crippen LogP contribution >= 0.6 is 11.8 Å². The molecule has 0 aromatic rings. The summed E-state index contributed by atoms with van der Waals surface area (Å²) >= 11 is 1.58. The van der Waals surface area contributed by atoms with E-state index in [9.17, 15) is 9.59 Å². The topological polar surface area (TPSA) is 78.4 Å². The van der Waals surface area contributed by atoms with Crippen LogP contribution < -0.4 is 10.6 Å². The Morgan fingerprint density at radius 1 is 1.37 bits per heavy atom. The molecule has 0 radical (unpaired) electrons. The van der Waals surface area contributed by atoms with Crippen LogP contribution in [0.4, 0.5) is 4.79 Å². The van der Waals surface area contributed by atoms with Gasteiger partial charge in [0, 0.05) is 6.04 Å². The number of fused-ring (bicyclic) bond motifs is 2. The number of carbonyl (C=O) groups excluding carboxylic acids is 1. The zero-order valence-corrected chi connectivity index (χ0v) is 12.0. The van der Waals surface area contributed by atoms with Crippen LogP contribution in [0.1, 0.15) is 32.1 Å². The number of urea groups is 1. The van der Waals surface area contributed by atoms with Crippen LogP contribution in [0.2, 0.25) is 0 Å². The Morgan fingerprint density at radius 2 is 2.16 bits per heavy atom. The second-order valence-corrected chi connectivity index (χ2v) is 6.56. The van der Waals surface area contributed by atoms with Crippen molar-refractivity contribution >= 4 is 23.8 Å². The van der Waals surface area contributed by atoms with Crippen molar-refractivity contribution in [2.45, 2.75) is 44.2 Å². The first-order valence-electron chi connectivity index (χ1n) is 6.89. The van der Waals surface area contributed by atoms with Gasteiger partial charge in [0.05, 0.1) is 0 Å². The van der Waals surface area contributed by atoms with Gasteiger partial charge >= 0.3 is 12.0 Å². The van der Waals surface area contributed by atoms with Crippen molar-refractivity contribution in [3.05, 3.63) is 0 Å². The molecule has 0 aromatic carbocycles. The summed E-state index contributed by atoms with van der Waals surface area (Å²) in [6, 6.07) is -0.870. The molecule has 19 heavy (non-hydrogen) atoms. The highest BCUT2D eigenvalue weighted by atomic mass is 32.2. The molecule has 2 saturated carbocycles. The van der Waals surface area contributed by atoms with E-state index in [2.05, 4.69) is 10.6 Å². The zero-order valence-electron chi connectivity index (χ0n) is 11.2. The van der Waals surface area contributed by atoms with E-state index in [1.165, 1.54) is 19.3 Å². The number of carboxylic acids is 1. The predicted octanol–water partition coefficient (Wildman–Crippen LogP) is 1.68. The minimum absolute atomic E-state index is 0.244. The first-order valence-corrected chi connectivity index (χ1v) is 8.28. The fourth-order valence-corrected chi connectivity index (χ4v) is 3.75. The Hall–Kier alpha value is -0.910. The minimum Gasteiger partial charge on any atom is -0.480 e. The van der Waals surface area contributed by atoms with Gasteiger partial charge in [0.2, 0.25) is 0 Å². The average Bonchev–Trinajstić information content (AvgIpc) is 2.96. The Kier molecular flexibility index (Phi) is 4.96. The molecule has 0 saturated heterocycles. The Balaban J connectivity index is 1.77. The Labute approximate surface area is 117 Å². The second-order valence-electron chi connectivity index (χ2n) is 5.57. The number of rotatable bonds is 6. The number of amides is 2. The number of hydrogen-bond donors (Lipinski definition) is 3. The fourth-order valence-electron chi connectivity index (χ4n) is 3.28. The van der Waals surface area contributed by atoms with E-state index in [1.807, 2.05) is 6.26 Å². The lowest BCUT2D eigenvalue weighted by atomic mass is 9.95. The summed E-state index contributed by atoms with van der Waals surface area (Å²) in [5.41, 5.74) is 0. The number of carboxylic acid groups (broad SMARTS) is 1. The molecule has 2 amide bonds. The summed E-state index contributed by atoms with van der Waals surface area (Å²) in [6.45, 7) is 0. The summed E-state index contributed by atoms with van der Waals surface area (Å²) < 4.78 is 0. The highest BCUT2D eigenvalue weighted by molar-refractivity contribution is 7.98. The molecule has 2 aliphatic rings. The van der Waals surface area contributed by atoms with Crippen LogP contribution in [-0.4, -0.2) is 41.2 Å². The van der Waals surface area contributed by atoms with Gasteiger partial charge in [0.1, 0.15) is 6.04 Å². The molecule has 2 rings (SSSR count). The number of nitrogens with one attached hydrogen (secondary N) is 2. The molecule has 108 valence electrons. The molecule has 3 N–H and O–H groups in total. The summed E-state index contributed by atoms with van der Waals surface area (Å²) in [4.78, 5) is 22.9. The largest absolute Gasteiger partial charge is 0.480 e. The van der Waals surface area contributed by atoms with Gasteiger partial charge in [-0.05, 0) is 49.5 Å². The van der Waals surface area contributed by atoms with Gasteiger partial charge in [-0.25, -0.2) is 9.59 Å². The molecule has 0 spiro atoms. The monoisotopic (exact) mass is 286 g/mol. The highest BCUT2D eigenvalue weighted by Crippen LogP contribution is 2.44. The van der Waals surface area contributed by atoms with Crippen molar-refractivity contribution in [1.29, 1.82) is 0 Å². The van der Waals surface area contributed by atoms with Gasteiger partial charge < -0.3 is 15.7 Å². The summed E-state index contributed by atoms with van der Waals surface area (Å²) in [7, 11) is 0. The average molecular weight is 286 g/mol. The molecular formula is C13H22N2O3S. The first kappa shape index (κ1) is 14.5. The molecule has 2 aliphatic carbocycles. The zero-order chi connectivity index (χ0) is 13.8. The first-order chi connectivity index (χ1) is 9.10. The molecule has 0 aromatic heterocycles. The Morgan fingerprint density at radius 3 is 2.68 bits per heavy atom. The van der Waals surface area contributed by atoms with Crippen LogP contribution in [0.15, 0.2) is 0 Å². The van der Waals surface area contributed by atoms with Gasteiger partial charge in [-0.1, -0.05) is 6.42 Å². The van der Waals surface area contributed by atoms with Crippen molar-refractivity contribution in [3.8, 4) is 0 Å². The van der Waals surface area contributed by atoms with Crippen LogP contribution in [0.3, 0.4) is 0 Å². The fraction of sp³-hybridized carbons (Fsp3) is 0.846. The minimum atomic E-state index is -0.961. The van der Waals surface area contributed by atoms with E-state index in [-0.39, 0.29) is 12.1 Å². The van der Waals surface area contributed by atoms with Crippen molar-refractivity contribution in [3.63, 3.8) is 0 Å². The van der Waals surface area contributed by atoms with Gasteiger partial charge in [0.15, 0.2) is 0 Å². The summed E-state index contributed by atoms with van der Waals surface area (Å²) in [6.07, 6.45) is 7.15. The third-order valence-corrected chi connectivity index (χ3v) is 4.91. The van der Waals surface area contributed by atoms with Crippen molar-refractivity contribution in [1.82, 2.24) is 10.6 Å². The molecule has 2 fully saturated rings. The van der Waals surface area contributed by atoms with E-state index in [0.29, 0.717) is 12.3 Å². The van der Waals surface area contributed by atoms with Gasteiger partial charge in [-0.15, -0.1) is 0 Å². The summed E-state index contributed by atoms with van der Waals surface area (Å²) in [5, 5.41) is 14.6. The van der Waals surface area contributed by atoms with E-state index in [4.69, 9.17) is 5.11 Å². The summed E-state index contributed by atoms with van der Waals surface area (Å²) in [5.74, 6) is 1.13. The van der Waals surface area contributed by atoms with Crippen molar-refractivity contribution < 1.29 is 14.7 Å². The lowest BCUT2D eigenvalue weighted by Gasteiger charge is -2.24. The van der Waals surface area contributed by atoms with E-state index in [0.717, 1.165) is 18.1 Å². The molecule has 0 aliphatic heterocycles. The number of hydrogen-bond acceptors (Lipinski definition) is 3. The number of thioether (sulfide) groups is 1. The quantitative estimate of drug-likeness (QED) is 0.694. The number of carbonyl (C=O) groups is 2. The third kappa shape index (κ3) is 3.78. The lowest BCUT2D eigenvalue weighted by molar-refractivity contribution is -0.139.